The Morgan fingerprint density at radius 2 is 2.22 bits per heavy atom. The Morgan fingerprint density at radius 1 is 1.33 bits per heavy atom. The van der Waals surface area contributed by atoms with Gasteiger partial charge in [0.05, 0.1) is 0 Å². The molecule has 0 spiro atoms. The van der Waals surface area contributed by atoms with Gasteiger partial charge in [0.15, 0.2) is 5.43 Å². The zero-order chi connectivity index (χ0) is 12.5. The van der Waals surface area contributed by atoms with Gasteiger partial charge in [-0.25, -0.2) is 4.98 Å². The molecule has 4 nitrogen and oxygen atoms in total. The number of nitrogens with two attached hydrogens (primary N) is 1. The average molecular weight is 257 g/mol. The number of benzene rings is 1. The van der Waals surface area contributed by atoms with E-state index >= 15 is 0 Å². The number of nitrogens with one attached hydrogen (secondary N) is 1. The van der Waals surface area contributed by atoms with Gasteiger partial charge in [0.2, 0.25) is 0 Å². The van der Waals surface area contributed by atoms with Crippen molar-refractivity contribution in [3.63, 3.8) is 0 Å². The van der Waals surface area contributed by atoms with Crippen molar-refractivity contribution in [3.8, 4) is 10.6 Å². The molecule has 0 atom stereocenters. The van der Waals surface area contributed by atoms with E-state index in [4.69, 9.17) is 5.73 Å². The average Bonchev–Trinajstić information content (AvgIpc) is 2.92. The quantitative estimate of drug-likeness (QED) is 0.738. The van der Waals surface area contributed by atoms with Crippen molar-refractivity contribution in [2.45, 2.75) is 6.54 Å². The van der Waals surface area contributed by atoms with Crippen LogP contribution in [-0.2, 0) is 6.54 Å². The first kappa shape index (κ1) is 11.1. The molecule has 0 aliphatic heterocycles. The fraction of sp³-hybridized carbons (Fsp3) is 0.0769. The van der Waals surface area contributed by atoms with Gasteiger partial charge in [0.25, 0.3) is 0 Å². The van der Waals surface area contributed by atoms with E-state index in [0.717, 1.165) is 21.8 Å². The van der Waals surface area contributed by atoms with Crippen molar-refractivity contribution in [2.24, 2.45) is 5.73 Å². The number of thiazole rings is 1. The Morgan fingerprint density at radius 3 is 2.94 bits per heavy atom. The third kappa shape index (κ3) is 1.83. The minimum Gasteiger partial charge on any atom is -0.357 e. The number of aromatic nitrogens is 2. The van der Waals surface area contributed by atoms with Crippen molar-refractivity contribution in [1.82, 2.24) is 9.97 Å². The van der Waals surface area contributed by atoms with Crippen molar-refractivity contribution in [2.75, 3.05) is 0 Å². The number of aromatic amines is 1. The van der Waals surface area contributed by atoms with Crippen LogP contribution in [0, 0.1) is 0 Å². The van der Waals surface area contributed by atoms with E-state index in [-0.39, 0.29) is 5.43 Å². The lowest BCUT2D eigenvalue weighted by Crippen LogP contribution is -2.08. The van der Waals surface area contributed by atoms with Gasteiger partial charge >= 0.3 is 0 Å². The molecule has 0 amide bonds. The molecule has 5 heteroatoms. The van der Waals surface area contributed by atoms with Crippen LogP contribution in [0.1, 0.15) is 5.69 Å². The van der Waals surface area contributed by atoms with E-state index in [1.807, 2.05) is 23.6 Å². The van der Waals surface area contributed by atoms with E-state index in [1.165, 1.54) is 0 Å². The second-order valence-corrected chi connectivity index (χ2v) is 4.86. The highest BCUT2D eigenvalue weighted by Crippen LogP contribution is 2.24. The van der Waals surface area contributed by atoms with E-state index in [0.29, 0.717) is 11.9 Å². The molecule has 0 saturated heterocycles. The van der Waals surface area contributed by atoms with Crippen LogP contribution in [0.5, 0.6) is 0 Å². The third-order valence-corrected chi connectivity index (χ3v) is 3.61. The summed E-state index contributed by atoms with van der Waals surface area (Å²) in [7, 11) is 0. The summed E-state index contributed by atoms with van der Waals surface area (Å²) in [6, 6.07) is 7.27. The first-order valence-corrected chi connectivity index (χ1v) is 6.42. The van der Waals surface area contributed by atoms with Crippen molar-refractivity contribution in [3.05, 3.63) is 51.8 Å². The second-order valence-electron chi connectivity index (χ2n) is 3.96. The highest BCUT2D eigenvalue weighted by Gasteiger charge is 2.05. The summed E-state index contributed by atoms with van der Waals surface area (Å²) in [5, 5.41) is 3.50. The monoisotopic (exact) mass is 257 g/mol. The maximum Gasteiger partial charge on any atom is 0.189 e. The van der Waals surface area contributed by atoms with Gasteiger partial charge in [-0.05, 0) is 18.2 Å². The maximum atomic E-state index is 12.0. The normalized spacial score (nSPS) is 10.9. The van der Waals surface area contributed by atoms with Crippen molar-refractivity contribution < 1.29 is 0 Å². The summed E-state index contributed by atoms with van der Waals surface area (Å²) in [4.78, 5) is 19.4. The number of H-pyrrole nitrogens is 1. The molecule has 2 aromatic heterocycles. The Bertz CT molecular complexity index is 747. The molecule has 0 unspecified atom stereocenters. The molecule has 1 aromatic carbocycles. The van der Waals surface area contributed by atoms with E-state index < -0.39 is 0 Å². The predicted octanol–water partition coefficient (Wildman–Crippen LogP) is 2.11. The van der Waals surface area contributed by atoms with Crippen LogP contribution in [-0.4, -0.2) is 9.97 Å². The smallest absolute Gasteiger partial charge is 0.189 e. The summed E-state index contributed by atoms with van der Waals surface area (Å²) in [6.07, 6.45) is 1.76. The first-order valence-electron chi connectivity index (χ1n) is 5.54. The van der Waals surface area contributed by atoms with Gasteiger partial charge in [-0.1, -0.05) is 0 Å². The lowest BCUT2D eigenvalue weighted by atomic mass is 10.1. The van der Waals surface area contributed by atoms with E-state index in [1.54, 1.807) is 23.6 Å². The molecule has 0 aliphatic carbocycles. The SMILES string of the molecule is NCc1cc(=O)c2cc(-c3nccs3)ccc2[nH]1. The fourth-order valence-electron chi connectivity index (χ4n) is 1.91. The topological polar surface area (TPSA) is 71.8 Å². The van der Waals surface area contributed by atoms with E-state index in [9.17, 15) is 4.79 Å². The molecular weight excluding hydrogens is 246 g/mol. The standard InChI is InChI=1S/C13H11N3OS/c14-7-9-6-12(17)10-5-8(1-2-11(10)16-9)13-15-3-4-18-13/h1-6H,7,14H2,(H,16,17). The Labute approximate surface area is 107 Å². The van der Waals surface area contributed by atoms with Gasteiger partial charge < -0.3 is 10.7 Å². The highest BCUT2D eigenvalue weighted by atomic mass is 32.1. The van der Waals surface area contributed by atoms with Crippen LogP contribution in [0.2, 0.25) is 0 Å². The summed E-state index contributed by atoms with van der Waals surface area (Å²) >= 11 is 1.55. The number of nitrogens with zero attached hydrogens (tertiary/aromatic N) is 1. The Hall–Kier alpha value is -1.98. The van der Waals surface area contributed by atoms with Gasteiger partial charge in [-0.15, -0.1) is 11.3 Å². The molecule has 0 saturated carbocycles. The van der Waals surface area contributed by atoms with Crippen molar-refractivity contribution in [1.29, 1.82) is 0 Å². The number of hydrogen-bond donors (Lipinski definition) is 2. The molecular formula is C13H11N3OS. The van der Waals surface area contributed by atoms with Crippen molar-refractivity contribution >= 4 is 22.2 Å². The highest BCUT2D eigenvalue weighted by molar-refractivity contribution is 7.13. The zero-order valence-electron chi connectivity index (χ0n) is 9.51. The number of fused-ring (bicyclic) bond motifs is 1. The Balaban J connectivity index is 2.24. The van der Waals surface area contributed by atoms with Crippen LogP contribution in [0.15, 0.2) is 40.6 Å². The number of rotatable bonds is 2. The number of hydrogen-bond acceptors (Lipinski definition) is 4. The van der Waals surface area contributed by atoms with Crippen LogP contribution < -0.4 is 11.2 Å². The molecule has 3 N–H and O–H groups in total. The zero-order valence-corrected chi connectivity index (χ0v) is 10.3. The summed E-state index contributed by atoms with van der Waals surface area (Å²) in [6.45, 7) is 0.333. The maximum absolute atomic E-state index is 12.0. The molecule has 3 aromatic rings. The summed E-state index contributed by atoms with van der Waals surface area (Å²) in [5.74, 6) is 0. The molecule has 3 rings (SSSR count). The fourth-order valence-corrected chi connectivity index (χ4v) is 2.55. The van der Waals surface area contributed by atoms with Crippen LogP contribution in [0.3, 0.4) is 0 Å². The molecule has 0 fully saturated rings. The summed E-state index contributed by atoms with van der Waals surface area (Å²) in [5.41, 5.74) is 8.04. The van der Waals surface area contributed by atoms with Crippen LogP contribution in [0.4, 0.5) is 0 Å². The van der Waals surface area contributed by atoms with Gasteiger partial charge in [-0.2, -0.15) is 0 Å². The van der Waals surface area contributed by atoms with Gasteiger partial charge in [0, 0.05) is 46.3 Å². The minimum absolute atomic E-state index is 0.0115. The predicted molar refractivity (Wildman–Crippen MR) is 73.6 cm³/mol. The minimum atomic E-state index is -0.0115. The molecule has 0 bridgehead atoms. The Kier molecular flexibility index (Phi) is 2.70. The second kappa shape index (κ2) is 4.36. The third-order valence-electron chi connectivity index (χ3n) is 2.78. The molecule has 2 heterocycles. The number of pyridine rings is 1. The van der Waals surface area contributed by atoms with E-state index in [2.05, 4.69) is 9.97 Å². The largest absolute Gasteiger partial charge is 0.357 e. The van der Waals surface area contributed by atoms with Gasteiger partial charge in [-0.3, -0.25) is 4.79 Å². The molecule has 90 valence electrons. The van der Waals surface area contributed by atoms with Gasteiger partial charge in [0.1, 0.15) is 5.01 Å². The van der Waals surface area contributed by atoms with Crippen LogP contribution in [0.25, 0.3) is 21.5 Å². The molecule has 18 heavy (non-hydrogen) atoms. The molecule has 0 aliphatic rings. The summed E-state index contributed by atoms with van der Waals surface area (Å²) < 4.78 is 0. The first-order chi connectivity index (χ1) is 8.78. The lowest BCUT2D eigenvalue weighted by Gasteiger charge is -2.03. The molecule has 0 radical (unpaired) electrons. The lowest BCUT2D eigenvalue weighted by molar-refractivity contribution is 1.00. The van der Waals surface area contributed by atoms with Crippen LogP contribution >= 0.6 is 11.3 Å².